The van der Waals surface area contributed by atoms with E-state index in [1.165, 1.54) is 10.9 Å². The second kappa shape index (κ2) is 9.43. The molecule has 2 N–H and O–H groups in total. The second-order valence-electron chi connectivity index (χ2n) is 6.55. The fourth-order valence-corrected chi connectivity index (χ4v) is 5.15. The van der Waals surface area contributed by atoms with Crippen LogP contribution < -0.4 is 10.0 Å². The van der Waals surface area contributed by atoms with Gasteiger partial charge in [-0.2, -0.15) is 0 Å². The summed E-state index contributed by atoms with van der Waals surface area (Å²) in [6, 6.07) is 15.5. The third-order valence-electron chi connectivity index (χ3n) is 4.29. The first-order valence-corrected chi connectivity index (χ1v) is 11.8. The quantitative estimate of drug-likeness (QED) is 0.479. The zero-order chi connectivity index (χ0) is 20.9. The van der Waals surface area contributed by atoms with Crippen molar-refractivity contribution in [3.63, 3.8) is 0 Å². The van der Waals surface area contributed by atoms with Gasteiger partial charge in [0.15, 0.2) is 0 Å². The number of hydrogen-bond acceptors (Lipinski definition) is 4. The van der Waals surface area contributed by atoms with E-state index in [-0.39, 0.29) is 10.8 Å². The Bertz CT molecular complexity index is 1100. The van der Waals surface area contributed by atoms with Crippen molar-refractivity contribution in [3.8, 4) is 0 Å². The number of rotatable bonds is 8. The molecule has 29 heavy (non-hydrogen) atoms. The molecule has 2 aromatic carbocycles. The predicted molar refractivity (Wildman–Crippen MR) is 119 cm³/mol. The van der Waals surface area contributed by atoms with Gasteiger partial charge >= 0.3 is 0 Å². The summed E-state index contributed by atoms with van der Waals surface area (Å²) in [6.07, 6.45) is 1.95. The van der Waals surface area contributed by atoms with E-state index in [0.29, 0.717) is 28.4 Å². The molecule has 152 valence electrons. The minimum atomic E-state index is -3.86. The van der Waals surface area contributed by atoms with Gasteiger partial charge in [0, 0.05) is 17.0 Å². The predicted octanol–water partition coefficient (Wildman–Crippen LogP) is 5.47. The molecule has 0 unspecified atom stereocenters. The zero-order valence-corrected chi connectivity index (χ0v) is 18.2. The van der Waals surface area contributed by atoms with Crippen LogP contribution >= 0.6 is 22.9 Å². The van der Waals surface area contributed by atoms with Gasteiger partial charge in [-0.15, -0.1) is 11.3 Å². The summed E-state index contributed by atoms with van der Waals surface area (Å²) in [5, 5.41) is 5.11. The lowest BCUT2D eigenvalue weighted by molar-refractivity contribution is -0.116. The number of benzene rings is 2. The number of aryl methyl sites for hydroxylation is 2. The lowest BCUT2D eigenvalue weighted by Crippen LogP contribution is -2.16. The molecule has 0 atom stereocenters. The van der Waals surface area contributed by atoms with Gasteiger partial charge < -0.3 is 5.32 Å². The Morgan fingerprint density at radius 2 is 1.90 bits per heavy atom. The van der Waals surface area contributed by atoms with Crippen LogP contribution in [0, 0.1) is 6.92 Å². The third-order valence-corrected chi connectivity index (χ3v) is 7.06. The van der Waals surface area contributed by atoms with E-state index in [4.69, 9.17) is 11.6 Å². The van der Waals surface area contributed by atoms with E-state index < -0.39 is 10.0 Å². The van der Waals surface area contributed by atoms with Gasteiger partial charge in [-0.3, -0.25) is 9.52 Å². The van der Waals surface area contributed by atoms with Crippen molar-refractivity contribution in [3.05, 3.63) is 75.4 Å². The molecule has 3 rings (SSSR count). The lowest BCUT2D eigenvalue weighted by atomic mass is 10.2. The molecule has 0 radical (unpaired) electrons. The molecule has 0 saturated carbocycles. The molecular formula is C21H21ClN2O3S2. The first-order chi connectivity index (χ1) is 13.8. The molecule has 8 heteroatoms. The summed E-state index contributed by atoms with van der Waals surface area (Å²) in [4.78, 5) is 13.6. The monoisotopic (exact) mass is 448 g/mol. The number of sulfonamides is 1. The van der Waals surface area contributed by atoms with Gasteiger partial charge in [-0.25, -0.2) is 8.42 Å². The Morgan fingerprint density at radius 1 is 1.10 bits per heavy atom. The van der Waals surface area contributed by atoms with Crippen LogP contribution in [-0.4, -0.2) is 14.3 Å². The van der Waals surface area contributed by atoms with Crippen LogP contribution in [0.4, 0.5) is 11.4 Å². The minimum Gasteiger partial charge on any atom is -0.326 e. The molecule has 0 fully saturated rings. The van der Waals surface area contributed by atoms with Gasteiger partial charge in [0.05, 0.1) is 15.6 Å². The first kappa shape index (κ1) is 21.4. The lowest BCUT2D eigenvalue weighted by Gasteiger charge is -2.13. The highest BCUT2D eigenvalue weighted by Gasteiger charge is 2.19. The fourth-order valence-electron chi connectivity index (χ4n) is 2.81. The maximum atomic E-state index is 12.8. The number of anilines is 2. The van der Waals surface area contributed by atoms with Crippen molar-refractivity contribution in [1.82, 2.24) is 0 Å². The van der Waals surface area contributed by atoms with Crippen LogP contribution in [-0.2, 0) is 21.2 Å². The number of amides is 1. The topological polar surface area (TPSA) is 75.3 Å². The summed E-state index contributed by atoms with van der Waals surface area (Å²) in [7, 11) is -3.86. The Hall–Kier alpha value is -2.35. The maximum Gasteiger partial charge on any atom is 0.262 e. The molecule has 0 spiro atoms. The number of thiophene rings is 1. The first-order valence-electron chi connectivity index (χ1n) is 9.05. The van der Waals surface area contributed by atoms with Crippen LogP contribution in [0.25, 0.3) is 0 Å². The molecule has 0 aliphatic carbocycles. The molecule has 1 heterocycles. The minimum absolute atomic E-state index is 0.0915. The molecular weight excluding hydrogens is 428 g/mol. The van der Waals surface area contributed by atoms with E-state index >= 15 is 0 Å². The van der Waals surface area contributed by atoms with E-state index in [1.54, 1.807) is 54.7 Å². The zero-order valence-electron chi connectivity index (χ0n) is 15.8. The van der Waals surface area contributed by atoms with E-state index in [9.17, 15) is 13.2 Å². The van der Waals surface area contributed by atoms with Crippen LogP contribution in [0.5, 0.6) is 0 Å². The van der Waals surface area contributed by atoms with Crippen LogP contribution in [0.1, 0.15) is 23.3 Å². The molecule has 1 aromatic heterocycles. The summed E-state index contributed by atoms with van der Waals surface area (Å²) in [6.45, 7) is 1.70. The Kier molecular flexibility index (Phi) is 6.95. The van der Waals surface area contributed by atoms with Crippen molar-refractivity contribution in [2.75, 3.05) is 10.0 Å². The smallest absolute Gasteiger partial charge is 0.262 e. The molecule has 0 bridgehead atoms. The van der Waals surface area contributed by atoms with Crippen LogP contribution in [0.3, 0.4) is 0 Å². The van der Waals surface area contributed by atoms with E-state index in [2.05, 4.69) is 10.0 Å². The number of para-hydroxylation sites is 1. The highest BCUT2D eigenvalue weighted by Crippen LogP contribution is 2.27. The molecule has 1 amide bonds. The standard InChI is InChI=1S/C21H21ClN2O3S2/c1-15-11-12-16(23-21(25)10-4-6-17-7-5-13-28-17)14-20(15)29(26,27)24-19-9-3-2-8-18(19)22/h2-3,5,7-9,11-14,24H,4,6,10H2,1H3,(H,23,25). The van der Waals surface area contributed by atoms with E-state index in [0.717, 1.165) is 12.8 Å². The van der Waals surface area contributed by atoms with Crippen LogP contribution in [0.2, 0.25) is 5.02 Å². The van der Waals surface area contributed by atoms with Gasteiger partial charge in [-0.05, 0) is 61.0 Å². The average Bonchev–Trinajstić information content (AvgIpc) is 3.18. The Labute approximate surface area is 179 Å². The number of nitrogens with one attached hydrogen (secondary N) is 2. The molecule has 0 aliphatic rings. The fraction of sp³-hybridized carbons (Fsp3) is 0.190. The SMILES string of the molecule is Cc1ccc(NC(=O)CCCc2cccs2)cc1S(=O)(=O)Nc1ccccc1Cl. The molecule has 0 aliphatic heterocycles. The van der Waals surface area contributed by atoms with E-state index in [1.807, 2.05) is 17.5 Å². The Morgan fingerprint density at radius 3 is 2.62 bits per heavy atom. The van der Waals surface area contributed by atoms with Crippen molar-refractivity contribution in [1.29, 1.82) is 0 Å². The largest absolute Gasteiger partial charge is 0.326 e. The second-order valence-corrected chi connectivity index (χ2v) is 9.64. The van der Waals surface area contributed by atoms with Gasteiger partial charge in [0.2, 0.25) is 5.91 Å². The van der Waals surface area contributed by atoms with Crippen LogP contribution in [0.15, 0.2) is 64.9 Å². The van der Waals surface area contributed by atoms with Gasteiger partial charge in [0.25, 0.3) is 10.0 Å². The third kappa shape index (κ3) is 5.82. The van der Waals surface area contributed by atoms with Crippen molar-refractivity contribution < 1.29 is 13.2 Å². The number of carbonyl (C=O) groups excluding carboxylic acids is 1. The molecule has 0 saturated heterocycles. The highest BCUT2D eigenvalue weighted by molar-refractivity contribution is 7.92. The highest BCUT2D eigenvalue weighted by atomic mass is 35.5. The number of hydrogen-bond donors (Lipinski definition) is 2. The summed E-state index contributed by atoms with van der Waals surface area (Å²) in [5.41, 5.74) is 1.31. The number of halogens is 1. The normalized spacial score (nSPS) is 11.2. The molecule has 5 nitrogen and oxygen atoms in total. The average molecular weight is 449 g/mol. The Balaban J connectivity index is 1.68. The van der Waals surface area contributed by atoms with Gasteiger partial charge in [0.1, 0.15) is 0 Å². The number of carbonyl (C=O) groups is 1. The molecule has 3 aromatic rings. The van der Waals surface area contributed by atoms with Crippen molar-refractivity contribution in [2.45, 2.75) is 31.1 Å². The van der Waals surface area contributed by atoms with Crippen molar-refractivity contribution in [2.24, 2.45) is 0 Å². The maximum absolute atomic E-state index is 12.8. The van der Waals surface area contributed by atoms with Gasteiger partial charge in [-0.1, -0.05) is 35.9 Å². The summed E-state index contributed by atoms with van der Waals surface area (Å²) in [5.74, 6) is -0.146. The van der Waals surface area contributed by atoms with Crippen molar-refractivity contribution >= 4 is 50.2 Å². The summed E-state index contributed by atoms with van der Waals surface area (Å²) < 4.78 is 28.2. The summed E-state index contributed by atoms with van der Waals surface area (Å²) >= 11 is 7.73.